The number of ether oxygens (including phenoxy) is 1. The van der Waals surface area contributed by atoms with Gasteiger partial charge in [-0.2, -0.15) is 0 Å². The number of amides is 1. The minimum absolute atomic E-state index is 0.0192. The van der Waals surface area contributed by atoms with Crippen LogP contribution in [0.15, 0.2) is 77.7 Å². The maximum absolute atomic E-state index is 12.9. The molecule has 0 fully saturated rings. The molecule has 0 radical (unpaired) electrons. The Kier molecular flexibility index (Phi) is 7.65. The average Bonchev–Trinajstić information content (AvgIpc) is 2.82. The highest BCUT2D eigenvalue weighted by Gasteiger charge is 2.21. The minimum Gasteiger partial charge on any atom is -0.465 e. The lowest BCUT2D eigenvalue weighted by atomic mass is 10.1. The fourth-order valence-corrected chi connectivity index (χ4v) is 4.70. The van der Waals surface area contributed by atoms with Crippen molar-refractivity contribution >= 4 is 27.4 Å². The summed E-state index contributed by atoms with van der Waals surface area (Å²) in [6, 6.07) is 19.9. The predicted molar refractivity (Wildman–Crippen MR) is 127 cm³/mol. The molecule has 1 amide bonds. The number of sulfone groups is 1. The lowest BCUT2D eigenvalue weighted by Gasteiger charge is -2.11. The second kappa shape index (κ2) is 10.6. The predicted octanol–water partition coefficient (Wildman–Crippen LogP) is 4.31. The number of benzene rings is 3. The van der Waals surface area contributed by atoms with Gasteiger partial charge >= 0.3 is 5.97 Å². The van der Waals surface area contributed by atoms with Crippen LogP contribution in [0.1, 0.15) is 45.2 Å². The number of methoxy groups -OCH3 is 1. The van der Waals surface area contributed by atoms with Crippen LogP contribution in [0.3, 0.4) is 0 Å². The van der Waals surface area contributed by atoms with Crippen LogP contribution in [-0.2, 0) is 14.6 Å². The number of carbonyl (C=O) groups excluding carboxylic acids is 2. The van der Waals surface area contributed by atoms with Crippen molar-refractivity contribution in [2.75, 3.05) is 18.2 Å². The highest BCUT2D eigenvalue weighted by atomic mass is 32.2. The molecule has 168 valence electrons. The summed E-state index contributed by atoms with van der Waals surface area (Å²) in [6.45, 7) is 1.78. The number of hydrogen-bond donors (Lipinski definition) is 1. The van der Waals surface area contributed by atoms with Crippen molar-refractivity contribution in [2.24, 2.45) is 0 Å². The maximum atomic E-state index is 12.9. The summed E-state index contributed by atoms with van der Waals surface area (Å²) >= 11 is 0. The molecule has 0 aromatic heterocycles. The molecule has 1 N–H and O–H groups in total. The van der Waals surface area contributed by atoms with E-state index in [4.69, 9.17) is 4.74 Å². The lowest BCUT2D eigenvalue weighted by molar-refractivity contribution is 0.0600. The summed E-state index contributed by atoms with van der Waals surface area (Å²) in [5.74, 6) is 5.01. The SMILES string of the molecule is CCCS(=O)(=O)c1ccccc1C(=O)Nc1cccc(C#Cc2cccc(C(=O)OC)c2)c1. The largest absolute Gasteiger partial charge is 0.465 e. The molecule has 0 saturated carbocycles. The van der Waals surface area contributed by atoms with E-state index in [9.17, 15) is 18.0 Å². The molecule has 0 bridgehead atoms. The van der Waals surface area contributed by atoms with Crippen LogP contribution < -0.4 is 5.32 Å². The molecule has 33 heavy (non-hydrogen) atoms. The maximum Gasteiger partial charge on any atom is 0.337 e. The van der Waals surface area contributed by atoms with Gasteiger partial charge in [0.1, 0.15) is 0 Å². The van der Waals surface area contributed by atoms with Gasteiger partial charge in [0.05, 0.1) is 28.9 Å². The first kappa shape index (κ1) is 23.8. The molecule has 0 heterocycles. The molecule has 0 aliphatic rings. The Morgan fingerprint density at radius 1 is 0.909 bits per heavy atom. The number of anilines is 1. The molecule has 6 nitrogen and oxygen atoms in total. The Morgan fingerprint density at radius 2 is 1.58 bits per heavy atom. The van der Waals surface area contributed by atoms with Gasteiger partial charge in [0.2, 0.25) is 0 Å². The van der Waals surface area contributed by atoms with Gasteiger partial charge in [-0.25, -0.2) is 13.2 Å². The van der Waals surface area contributed by atoms with Crippen LogP contribution in [0.4, 0.5) is 5.69 Å². The van der Waals surface area contributed by atoms with E-state index in [1.54, 1.807) is 67.6 Å². The molecule has 0 aliphatic heterocycles. The smallest absolute Gasteiger partial charge is 0.337 e. The van der Waals surface area contributed by atoms with Gasteiger partial charge in [-0.15, -0.1) is 0 Å². The molecule has 0 atom stereocenters. The van der Waals surface area contributed by atoms with Gasteiger partial charge < -0.3 is 10.1 Å². The summed E-state index contributed by atoms with van der Waals surface area (Å²) in [5.41, 5.74) is 2.27. The number of hydrogen-bond acceptors (Lipinski definition) is 5. The monoisotopic (exact) mass is 461 g/mol. The third-order valence-electron chi connectivity index (χ3n) is 4.69. The standard InChI is InChI=1S/C26H23NO5S/c1-3-16-33(30,31)24-13-5-4-12-23(24)25(28)27-22-11-7-9-20(18-22)15-14-19-8-6-10-21(17-19)26(29)32-2/h4-13,17-18H,3,16H2,1-2H3,(H,27,28). The minimum atomic E-state index is -3.55. The fraction of sp³-hybridized carbons (Fsp3) is 0.154. The van der Waals surface area contributed by atoms with Crippen LogP contribution in [0.2, 0.25) is 0 Å². The Labute approximate surface area is 193 Å². The van der Waals surface area contributed by atoms with Gasteiger partial charge in [0.25, 0.3) is 5.91 Å². The van der Waals surface area contributed by atoms with Crippen LogP contribution in [0, 0.1) is 11.8 Å². The first-order valence-corrected chi connectivity index (χ1v) is 11.9. The zero-order chi connectivity index (χ0) is 23.8. The van der Waals surface area contributed by atoms with E-state index in [0.717, 1.165) is 0 Å². The van der Waals surface area contributed by atoms with Gasteiger partial charge in [-0.1, -0.05) is 43.0 Å². The van der Waals surface area contributed by atoms with Crippen molar-refractivity contribution in [3.05, 3.63) is 95.1 Å². The summed E-state index contributed by atoms with van der Waals surface area (Å²) in [6.07, 6.45) is 0.460. The van der Waals surface area contributed by atoms with Gasteiger partial charge in [-0.05, 0) is 55.0 Å². The van der Waals surface area contributed by atoms with Crippen molar-refractivity contribution < 1.29 is 22.7 Å². The summed E-state index contributed by atoms with van der Waals surface area (Å²) < 4.78 is 29.8. The second-order valence-corrected chi connectivity index (χ2v) is 9.25. The molecule has 7 heteroatoms. The van der Waals surface area contributed by atoms with E-state index in [2.05, 4.69) is 17.2 Å². The van der Waals surface area contributed by atoms with E-state index >= 15 is 0 Å². The Hall–Kier alpha value is -3.89. The fourth-order valence-electron chi connectivity index (χ4n) is 3.16. The number of esters is 1. The summed E-state index contributed by atoms with van der Waals surface area (Å²) in [5, 5.41) is 2.75. The number of carbonyl (C=O) groups is 2. The number of nitrogens with one attached hydrogen (secondary N) is 1. The van der Waals surface area contributed by atoms with Crippen molar-refractivity contribution in [1.82, 2.24) is 0 Å². The molecule has 3 aromatic carbocycles. The second-order valence-electron chi connectivity index (χ2n) is 7.17. The average molecular weight is 462 g/mol. The van der Waals surface area contributed by atoms with E-state index in [0.29, 0.717) is 28.8 Å². The van der Waals surface area contributed by atoms with Crippen LogP contribution in [0.25, 0.3) is 0 Å². The van der Waals surface area contributed by atoms with Crippen molar-refractivity contribution in [3.63, 3.8) is 0 Å². The van der Waals surface area contributed by atoms with Crippen molar-refractivity contribution in [2.45, 2.75) is 18.2 Å². The zero-order valence-corrected chi connectivity index (χ0v) is 19.1. The molecule has 0 aliphatic carbocycles. The number of rotatable bonds is 6. The molecular formula is C26H23NO5S. The highest BCUT2D eigenvalue weighted by molar-refractivity contribution is 7.91. The normalized spacial score (nSPS) is 10.6. The summed E-state index contributed by atoms with van der Waals surface area (Å²) in [7, 11) is -2.24. The Balaban J connectivity index is 1.82. The van der Waals surface area contributed by atoms with Crippen molar-refractivity contribution in [3.8, 4) is 11.8 Å². The molecule has 0 unspecified atom stereocenters. The molecule has 3 rings (SSSR count). The van der Waals surface area contributed by atoms with Gasteiger partial charge in [-0.3, -0.25) is 4.79 Å². The molecule has 0 saturated heterocycles. The van der Waals surface area contributed by atoms with E-state index < -0.39 is 21.7 Å². The zero-order valence-electron chi connectivity index (χ0n) is 18.3. The van der Waals surface area contributed by atoms with Crippen molar-refractivity contribution in [1.29, 1.82) is 0 Å². The first-order chi connectivity index (χ1) is 15.8. The molecule has 0 spiro atoms. The Morgan fingerprint density at radius 3 is 2.27 bits per heavy atom. The van der Waals surface area contributed by atoms with Crippen LogP contribution in [0.5, 0.6) is 0 Å². The third kappa shape index (κ3) is 6.09. The van der Waals surface area contributed by atoms with Gasteiger partial charge in [0.15, 0.2) is 9.84 Å². The first-order valence-electron chi connectivity index (χ1n) is 10.3. The topological polar surface area (TPSA) is 89.5 Å². The van der Waals surface area contributed by atoms with E-state index in [-0.39, 0.29) is 16.2 Å². The lowest BCUT2D eigenvalue weighted by Crippen LogP contribution is -2.17. The van der Waals surface area contributed by atoms with E-state index in [1.807, 2.05) is 0 Å². The van der Waals surface area contributed by atoms with E-state index in [1.165, 1.54) is 19.2 Å². The summed E-state index contributed by atoms with van der Waals surface area (Å²) in [4.78, 5) is 24.5. The van der Waals surface area contributed by atoms with Crippen LogP contribution >= 0.6 is 0 Å². The third-order valence-corrected chi connectivity index (χ3v) is 6.67. The Bertz CT molecular complexity index is 1350. The highest BCUT2D eigenvalue weighted by Crippen LogP contribution is 2.20. The molecule has 3 aromatic rings. The quantitative estimate of drug-likeness (QED) is 0.436. The van der Waals surface area contributed by atoms with Crippen LogP contribution in [-0.4, -0.2) is 33.2 Å². The molecular weight excluding hydrogens is 438 g/mol. The van der Waals surface area contributed by atoms with Gasteiger partial charge in [0, 0.05) is 16.8 Å².